The summed E-state index contributed by atoms with van der Waals surface area (Å²) in [7, 11) is 0. The molecule has 0 aliphatic heterocycles. The summed E-state index contributed by atoms with van der Waals surface area (Å²) < 4.78 is 26.4. The van der Waals surface area contributed by atoms with E-state index in [0.717, 1.165) is 95.4 Å². The number of hydrogen-bond donors (Lipinski definition) is 0. The Kier molecular flexibility index (Phi) is 10.4. The van der Waals surface area contributed by atoms with Gasteiger partial charge in [-0.05, 0) is 122 Å². The van der Waals surface area contributed by atoms with E-state index in [-0.39, 0.29) is 12.2 Å². The van der Waals surface area contributed by atoms with Gasteiger partial charge in [-0.25, -0.2) is 9.59 Å². The minimum atomic E-state index is -0.643. The van der Waals surface area contributed by atoms with E-state index in [0.29, 0.717) is 47.0 Å². The lowest BCUT2D eigenvalue weighted by Gasteiger charge is -2.36. The molecule has 2 fully saturated rings. The summed E-state index contributed by atoms with van der Waals surface area (Å²) in [6, 6.07) is 7.67. The van der Waals surface area contributed by atoms with Crippen LogP contribution in [0.4, 0.5) is 9.59 Å². The van der Waals surface area contributed by atoms with Gasteiger partial charge in [0, 0.05) is 25.5 Å². The van der Waals surface area contributed by atoms with Gasteiger partial charge in [-0.1, -0.05) is 86.2 Å². The van der Waals surface area contributed by atoms with Crippen LogP contribution in [0.5, 0.6) is 11.5 Å². The van der Waals surface area contributed by atoms with Crippen molar-refractivity contribution in [2.45, 2.75) is 123 Å². The normalized spacial score (nSPS) is 29.9. The van der Waals surface area contributed by atoms with Crippen molar-refractivity contribution in [1.82, 2.24) is 0 Å². The molecule has 8 heteroatoms. The third-order valence-corrected chi connectivity index (χ3v) is 13.3. The maximum Gasteiger partial charge on any atom is 0.514 e. The van der Waals surface area contributed by atoms with Gasteiger partial charge in [-0.15, -0.1) is 0 Å². The molecule has 0 heterocycles. The molecule has 2 saturated carbocycles. The van der Waals surface area contributed by atoms with E-state index >= 15 is 0 Å². The van der Waals surface area contributed by atoms with Gasteiger partial charge in [0.15, 0.2) is 0 Å². The number of benzene rings is 2. The molecule has 256 valence electrons. The van der Waals surface area contributed by atoms with Crippen LogP contribution in [0.25, 0.3) is 0 Å². The molecule has 2 aromatic rings. The topological polar surface area (TPSA) is 71.1 Å². The Morgan fingerprint density at radius 2 is 1.09 bits per heavy atom. The van der Waals surface area contributed by atoms with E-state index < -0.39 is 17.7 Å². The Morgan fingerprint density at radius 1 is 0.681 bits per heavy atom. The second kappa shape index (κ2) is 14.0. The Morgan fingerprint density at radius 3 is 1.47 bits per heavy atom. The zero-order valence-electron chi connectivity index (χ0n) is 28.7. The highest BCUT2D eigenvalue weighted by molar-refractivity contribution is 9.10. The summed E-state index contributed by atoms with van der Waals surface area (Å²) in [5, 5.41) is 0. The molecule has 6 rings (SSSR count). The fraction of sp³-hybridized carbons (Fsp3) is 0.641. The SMILES string of the molecule is CC1CCC(C(C)C)C(OC(=O)Oc2ccc(Br)c3c2C2(CC3)CCc3c(Br)ccc(OC(=O)OC4CC(C)CCC4C(C)C)c32)C1. The predicted octanol–water partition coefficient (Wildman–Crippen LogP) is 11.3. The first kappa shape index (κ1) is 34.8. The van der Waals surface area contributed by atoms with Gasteiger partial charge in [-0.3, -0.25) is 0 Å². The zero-order valence-corrected chi connectivity index (χ0v) is 31.9. The van der Waals surface area contributed by atoms with Crippen LogP contribution in [-0.2, 0) is 27.7 Å². The van der Waals surface area contributed by atoms with Gasteiger partial charge in [-0.2, -0.15) is 0 Å². The number of fused-ring (bicyclic) bond motifs is 4. The fourth-order valence-electron chi connectivity index (χ4n) is 9.31. The minimum absolute atomic E-state index is 0.152. The summed E-state index contributed by atoms with van der Waals surface area (Å²) in [6.07, 6.45) is 7.81. The van der Waals surface area contributed by atoms with Gasteiger partial charge >= 0.3 is 12.3 Å². The molecule has 0 aromatic heterocycles. The quantitative estimate of drug-likeness (QED) is 0.215. The van der Waals surface area contributed by atoms with Gasteiger partial charge < -0.3 is 18.9 Å². The van der Waals surface area contributed by atoms with Crippen LogP contribution in [0.15, 0.2) is 33.2 Å². The molecule has 2 aromatic carbocycles. The lowest BCUT2D eigenvalue weighted by Crippen LogP contribution is -2.37. The van der Waals surface area contributed by atoms with E-state index in [1.165, 1.54) is 0 Å². The van der Waals surface area contributed by atoms with E-state index in [2.05, 4.69) is 73.4 Å². The van der Waals surface area contributed by atoms with Crippen LogP contribution in [0.2, 0.25) is 0 Å². The number of hydrogen-bond acceptors (Lipinski definition) is 6. The second-order valence-electron chi connectivity index (χ2n) is 15.5. The molecule has 6 unspecified atom stereocenters. The summed E-state index contributed by atoms with van der Waals surface area (Å²) in [5.41, 5.74) is 3.73. The summed E-state index contributed by atoms with van der Waals surface area (Å²) in [6.45, 7) is 13.3. The molecule has 0 radical (unpaired) electrons. The van der Waals surface area contributed by atoms with Gasteiger partial charge in [0.25, 0.3) is 0 Å². The summed E-state index contributed by atoms with van der Waals surface area (Å²) in [5.74, 6) is 3.58. The Balaban J connectivity index is 1.30. The lowest BCUT2D eigenvalue weighted by molar-refractivity contribution is -0.0143. The van der Waals surface area contributed by atoms with Crippen molar-refractivity contribution in [2.24, 2.45) is 35.5 Å². The standard InChI is InChI=1S/C39H50Br2O6/c1-21(2)25-9-7-23(5)19-33(25)46-37(42)44-31-13-11-29(40)27-15-17-39(35(27)31)18-16-28-30(41)12-14-32(36(28)39)45-38(43)47-34-20-24(6)8-10-26(34)22(3)4/h11-14,21-26,33-34H,7-10,15-20H2,1-6H3. The smallest absolute Gasteiger partial charge is 0.430 e. The molecule has 4 aliphatic carbocycles. The van der Waals surface area contributed by atoms with Gasteiger partial charge in [0.1, 0.15) is 23.7 Å². The monoisotopic (exact) mass is 772 g/mol. The second-order valence-corrected chi connectivity index (χ2v) is 17.3. The first-order chi connectivity index (χ1) is 22.4. The Hall–Kier alpha value is -2.06. The fourth-order valence-corrected chi connectivity index (χ4v) is 10.4. The van der Waals surface area contributed by atoms with E-state index in [1.54, 1.807) is 0 Å². The molecule has 6 atom stereocenters. The molecule has 1 spiro atoms. The Labute approximate surface area is 297 Å². The Bertz CT molecular complexity index is 1390. The van der Waals surface area contributed by atoms with Crippen molar-refractivity contribution in [1.29, 1.82) is 0 Å². The van der Waals surface area contributed by atoms with Crippen molar-refractivity contribution < 1.29 is 28.5 Å². The molecule has 47 heavy (non-hydrogen) atoms. The van der Waals surface area contributed by atoms with Crippen molar-refractivity contribution in [2.75, 3.05) is 0 Å². The number of rotatable bonds is 6. The number of carbonyl (C=O) groups excluding carboxylic acids is 2. The molecule has 0 bridgehead atoms. The summed E-state index contributed by atoms with van der Waals surface area (Å²) in [4.78, 5) is 27.0. The van der Waals surface area contributed by atoms with Crippen LogP contribution < -0.4 is 9.47 Å². The number of carbonyl (C=O) groups is 2. The molecule has 0 amide bonds. The predicted molar refractivity (Wildman–Crippen MR) is 190 cm³/mol. The minimum Gasteiger partial charge on any atom is -0.430 e. The average Bonchev–Trinajstić information content (AvgIpc) is 3.59. The highest BCUT2D eigenvalue weighted by atomic mass is 79.9. The van der Waals surface area contributed by atoms with Gasteiger partial charge in [0.2, 0.25) is 0 Å². The molecular weight excluding hydrogens is 724 g/mol. The molecular formula is C39H50Br2O6. The first-order valence-corrected chi connectivity index (χ1v) is 19.4. The lowest BCUT2D eigenvalue weighted by atomic mass is 9.75. The third-order valence-electron chi connectivity index (χ3n) is 11.8. The van der Waals surface area contributed by atoms with Crippen LogP contribution in [0.3, 0.4) is 0 Å². The average molecular weight is 775 g/mol. The molecule has 0 saturated heterocycles. The van der Waals surface area contributed by atoms with E-state index in [9.17, 15) is 9.59 Å². The summed E-state index contributed by atoms with van der Waals surface area (Å²) >= 11 is 7.58. The molecule has 6 nitrogen and oxygen atoms in total. The maximum atomic E-state index is 13.5. The van der Waals surface area contributed by atoms with Crippen LogP contribution >= 0.6 is 31.9 Å². The number of ether oxygens (including phenoxy) is 4. The van der Waals surface area contributed by atoms with E-state index in [4.69, 9.17) is 18.9 Å². The van der Waals surface area contributed by atoms with Crippen molar-refractivity contribution in [3.8, 4) is 11.5 Å². The highest BCUT2D eigenvalue weighted by Crippen LogP contribution is 2.59. The van der Waals surface area contributed by atoms with Crippen LogP contribution in [0.1, 0.15) is 115 Å². The van der Waals surface area contributed by atoms with Crippen LogP contribution in [-0.4, -0.2) is 24.5 Å². The first-order valence-electron chi connectivity index (χ1n) is 17.8. The highest BCUT2D eigenvalue weighted by Gasteiger charge is 2.50. The van der Waals surface area contributed by atoms with E-state index in [1.807, 2.05) is 24.3 Å². The number of halogens is 2. The van der Waals surface area contributed by atoms with Crippen molar-refractivity contribution in [3.63, 3.8) is 0 Å². The van der Waals surface area contributed by atoms with Crippen molar-refractivity contribution in [3.05, 3.63) is 55.5 Å². The zero-order chi connectivity index (χ0) is 33.6. The maximum absolute atomic E-state index is 13.5. The molecule has 0 N–H and O–H groups in total. The van der Waals surface area contributed by atoms with Gasteiger partial charge in [0.05, 0.1) is 0 Å². The third kappa shape index (κ3) is 6.89. The largest absolute Gasteiger partial charge is 0.514 e. The van der Waals surface area contributed by atoms with Crippen LogP contribution in [0, 0.1) is 35.5 Å². The molecule has 4 aliphatic rings. The van der Waals surface area contributed by atoms with Crippen molar-refractivity contribution >= 4 is 44.2 Å².